The zero-order chi connectivity index (χ0) is 8.55. The number of fused-ring (bicyclic) bond motifs is 1. The van der Waals surface area contributed by atoms with Gasteiger partial charge in [-0.3, -0.25) is 0 Å². The summed E-state index contributed by atoms with van der Waals surface area (Å²) in [5.41, 5.74) is 2.56. The zero-order valence-corrected chi connectivity index (χ0v) is 7.82. The third kappa shape index (κ3) is 1.07. The molecule has 2 aromatic rings. The fraction of sp³-hybridized carbons (Fsp3) is 0.0909. The molecule has 60 valence electrons. The molecule has 1 heterocycles. The smallest absolute Gasteiger partial charge is 0.0349 e. The van der Waals surface area contributed by atoms with Gasteiger partial charge in [-0.25, -0.2) is 0 Å². The second-order valence-electron chi connectivity index (χ2n) is 2.89. The highest BCUT2D eigenvalue weighted by Gasteiger charge is 1.99. The minimum Gasteiger partial charge on any atom is -0.143 e. The average Bonchev–Trinajstić information content (AvgIpc) is 2.46. The Morgan fingerprint density at radius 1 is 1.42 bits per heavy atom. The van der Waals surface area contributed by atoms with Crippen LogP contribution >= 0.6 is 11.3 Å². The topological polar surface area (TPSA) is 0 Å². The van der Waals surface area contributed by atoms with E-state index in [2.05, 4.69) is 37.1 Å². The van der Waals surface area contributed by atoms with Crippen LogP contribution in [-0.4, -0.2) is 0 Å². The van der Waals surface area contributed by atoms with Crippen molar-refractivity contribution >= 4 is 27.5 Å². The summed E-state index contributed by atoms with van der Waals surface area (Å²) >= 11 is 1.78. The monoisotopic (exact) mass is 174 g/mol. The second-order valence-corrected chi connectivity index (χ2v) is 3.81. The van der Waals surface area contributed by atoms with Crippen molar-refractivity contribution in [1.29, 1.82) is 0 Å². The lowest BCUT2D eigenvalue weighted by molar-refractivity contribution is 1.51. The molecular weight excluding hydrogens is 164 g/mol. The largest absolute Gasteiger partial charge is 0.143 e. The maximum absolute atomic E-state index is 3.79. The van der Waals surface area contributed by atoms with Gasteiger partial charge < -0.3 is 0 Å². The summed E-state index contributed by atoms with van der Waals surface area (Å²) in [6.07, 6.45) is 1.91. The van der Waals surface area contributed by atoms with Gasteiger partial charge >= 0.3 is 0 Å². The predicted octanol–water partition coefficient (Wildman–Crippen LogP) is 3.85. The van der Waals surface area contributed by atoms with Crippen molar-refractivity contribution in [2.45, 2.75) is 6.92 Å². The van der Waals surface area contributed by atoms with E-state index in [4.69, 9.17) is 0 Å². The fourth-order valence-corrected chi connectivity index (χ4v) is 2.25. The van der Waals surface area contributed by atoms with Gasteiger partial charge in [-0.05, 0) is 35.4 Å². The standard InChI is InChI=1S/C11H10S/c1-3-9-7-12-11-5-4-8(2)6-10(9)11/h3-7H,1H2,2H3. The highest BCUT2D eigenvalue weighted by atomic mass is 32.1. The first-order valence-electron chi connectivity index (χ1n) is 3.91. The molecule has 0 atom stereocenters. The summed E-state index contributed by atoms with van der Waals surface area (Å²) in [5, 5.41) is 3.48. The number of hydrogen-bond donors (Lipinski definition) is 0. The highest BCUT2D eigenvalue weighted by molar-refractivity contribution is 7.17. The van der Waals surface area contributed by atoms with Crippen LogP contribution in [0.1, 0.15) is 11.1 Å². The van der Waals surface area contributed by atoms with Gasteiger partial charge in [-0.1, -0.05) is 24.3 Å². The molecule has 0 saturated heterocycles. The van der Waals surface area contributed by atoms with E-state index in [1.54, 1.807) is 11.3 Å². The predicted molar refractivity (Wildman–Crippen MR) is 56.7 cm³/mol. The average molecular weight is 174 g/mol. The third-order valence-corrected chi connectivity index (χ3v) is 2.96. The third-order valence-electron chi connectivity index (χ3n) is 1.98. The molecule has 0 fully saturated rings. The Labute approximate surface area is 76.2 Å². The van der Waals surface area contributed by atoms with E-state index in [9.17, 15) is 0 Å². The van der Waals surface area contributed by atoms with E-state index >= 15 is 0 Å². The van der Waals surface area contributed by atoms with E-state index in [1.807, 2.05) is 6.08 Å². The molecule has 0 unspecified atom stereocenters. The Morgan fingerprint density at radius 2 is 2.25 bits per heavy atom. The lowest BCUT2D eigenvalue weighted by atomic mass is 10.1. The summed E-state index contributed by atoms with van der Waals surface area (Å²) < 4.78 is 1.34. The van der Waals surface area contributed by atoms with E-state index < -0.39 is 0 Å². The molecule has 0 saturated carbocycles. The van der Waals surface area contributed by atoms with Gasteiger partial charge in [-0.15, -0.1) is 11.3 Å². The first-order chi connectivity index (χ1) is 5.81. The Balaban J connectivity index is 2.83. The van der Waals surface area contributed by atoms with Crippen molar-refractivity contribution in [2.24, 2.45) is 0 Å². The molecule has 2 rings (SSSR count). The van der Waals surface area contributed by atoms with Crippen molar-refractivity contribution < 1.29 is 0 Å². The maximum atomic E-state index is 3.79. The molecule has 0 bridgehead atoms. The van der Waals surface area contributed by atoms with Gasteiger partial charge in [0.1, 0.15) is 0 Å². The van der Waals surface area contributed by atoms with Crippen LogP contribution in [0.3, 0.4) is 0 Å². The maximum Gasteiger partial charge on any atom is 0.0349 e. The van der Waals surface area contributed by atoms with Crippen molar-refractivity contribution in [2.75, 3.05) is 0 Å². The molecule has 0 spiro atoms. The molecule has 1 aromatic heterocycles. The molecule has 0 N–H and O–H groups in total. The normalized spacial score (nSPS) is 10.4. The van der Waals surface area contributed by atoms with Gasteiger partial charge in [0.2, 0.25) is 0 Å². The summed E-state index contributed by atoms with van der Waals surface area (Å²) in [5.74, 6) is 0. The molecule has 0 aliphatic carbocycles. The Hall–Kier alpha value is -1.08. The SMILES string of the molecule is C=Cc1csc2ccc(C)cc12. The molecule has 0 aliphatic rings. The van der Waals surface area contributed by atoms with Gasteiger partial charge in [0.25, 0.3) is 0 Å². The molecule has 1 aromatic carbocycles. The van der Waals surface area contributed by atoms with Crippen LogP contribution in [0, 0.1) is 6.92 Å². The summed E-state index contributed by atoms with van der Waals surface area (Å²) in [7, 11) is 0. The molecule has 0 nitrogen and oxygen atoms in total. The van der Waals surface area contributed by atoms with Crippen LogP contribution in [0.2, 0.25) is 0 Å². The second kappa shape index (κ2) is 2.76. The molecular formula is C11H10S. The Kier molecular flexibility index (Phi) is 1.74. The minimum atomic E-state index is 1.25. The van der Waals surface area contributed by atoms with Crippen molar-refractivity contribution in [3.8, 4) is 0 Å². The van der Waals surface area contributed by atoms with E-state index in [0.29, 0.717) is 0 Å². The van der Waals surface area contributed by atoms with Crippen LogP contribution in [0.15, 0.2) is 30.2 Å². The highest BCUT2D eigenvalue weighted by Crippen LogP contribution is 2.27. The van der Waals surface area contributed by atoms with Gasteiger partial charge in [0.05, 0.1) is 0 Å². The fourth-order valence-electron chi connectivity index (χ4n) is 1.32. The van der Waals surface area contributed by atoms with Crippen LogP contribution in [0.25, 0.3) is 16.2 Å². The number of benzene rings is 1. The molecule has 0 aliphatic heterocycles. The zero-order valence-electron chi connectivity index (χ0n) is 7.00. The molecule has 12 heavy (non-hydrogen) atoms. The van der Waals surface area contributed by atoms with Crippen molar-refractivity contribution in [1.82, 2.24) is 0 Å². The van der Waals surface area contributed by atoms with Gasteiger partial charge in [0, 0.05) is 4.70 Å². The van der Waals surface area contributed by atoms with Crippen LogP contribution < -0.4 is 0 Å². The number of rotatable bonds is 1. The summed E-state index contributed by atoms with van der Waals surface area (Å²) in [4.78, 5) is 0. The lowest BCUT2D eigenvalue weighted by Crippen LogP contribution is -1.71. The minimum absolute atomic E-state index is 1.25. The number of thiophene rings is 1. The first kappa shape index (κ1) is 7.56. The van der Waals surface area contributed by atoms with E-state index in [1.165, 1.54) is 21.2 Å². The quantitative estimate of drug-likeness (QED) is 0.616. The van der Waals surface area contributed by atoms with E-state index in [0.717, 1.165) is 0 Å². The Morgan fingerprint density at radius 3 is 3.00 bits per heavy atom. The molecule has 0 amide bonds. The van der Waals surface area contributed by atoms with Crippen molar-refractivity contribution in [3.05, 3.63) is 41.3 Å². The lowest BCUT2D eigenvalue weighted by Gasteiger charge is -1.93. The number of hydrogen-bond acceptors (Lipinski definition) is 1. The summed E-state index contributed by atoms with van der Waals surface area (Å²) in [6.45, 7) is 5.90. The van der Waals surface area contributed by atoms with Crippen molar-refractivity contribution in [3.63, 3.8) is 0 Å². The number of aryl methyl sites for hydroxylation is 1. The van der Waals surface area contributed by atoms with Crippen LogP contribution in [0.4, 0.5) is 0 Å². The van der Waals surface area contributed by atoms with Crippen LogP contribution in [0.5, 0.6) is 0 Å². The van der Waals surface area contributed by atoms with Crippen LogP contribution in [-0.2, 0) is 0 Å². The van der Waals surface area contributed by atoms with Gasteiger partial charge in [0.15, 0.2) is 0 Å². The Bertz CT molecular complexity index is 423. The first-order valence-corrected chi connectivity index (χ1v) is 4.79. The molecule has 0 radical (unpaired) electrons. The molecule has 1 heteroatoms. The van der Waals surface area contributed by atoms with E-state index in [-0.39, 0.29) is 0 Å². The summed E-state index contributed by atoms with van der Waals surface area (Å²) in [6, 6.07) is 6.52. The van der Waals surface area contributed by atoms with Gasteiger partial charge in [-0.2, -0.15) is 0 Å².